The molecule has 1 aromatic carbocycles. The van der Waals surface area contributed by atoms with Crippen LogP contribution in [0.15, 0.2) is 41.8 Å². The van der Waals surface area contributed by atoms with Crippen molar-refractivity contribution in [3.8, 4) is 0 Å². The number of alkyl halides is 3. The second-order valence-corrected chi connectivity index (χ2v) is 8.94. The summed E-state index contributed by atoms with van der Waals surface area (Å²) in [6, 6.07) is 10.7. The number of rotatable bonds is 10. The van der Waals surface area contributed by atoms with Crippen molar-refractivity contribution >= 4 is 45.4 Å². The summed E-state index contributed by atoms with van der Waals surface area (Å²) in [6.07, 6.45) is -4.85. The first-order valence-electron chi connectivity index (χ1n) is 9.64. The summed E-state index contributed by atoms with van der Waals surface area (Å²) in [5.41, 5.74) is 1.96. The van der Waals surface area contributed by atoms with Gasteiger partial charge < -0.3 is 10.4 Å². The highest BCUT2D eigenvalue weighted by Crippen LogP contribution is 2.26. The first-order valence-corrected chi connectivity index (χ1v) is 11.3. The van der Waals surface area contributed by atoms with E-state index in [4.69, 9.17) is 5.11 Å². The average Bonchev–Trinajstić information content (AvgIpc) is 3.35. The van der Waals surface area contributed by atoms with Crippen LogP contribution in [0.4, 0.5) is 24.0 Å². The van der Waals surface area contributed by atoms with Crippen LogP contribution in [0.1, 0.15) is 38.6 Å². The van der Waals surface area contributed by atoms with E-state index in [0.29, 0.717) is 28.7 Å². The van der Waals surface area contributed by atoms with Gasteiger partial charge in [0.1, 0.15) is 0 Å². The number of benzene rings is 1. The van der Waals surface area contributed by atoms with E-state index in [-0.39, 0.29) is 18.7 Å². The zero-order valence-electron chi connectivity index (χ0n) is 16.7. The molecular weight excluding hydrogens is 463 g/mol. The van der Waals surface area contributed by atoms with Gasteiger partial charge in [-0.2, -0.15) is 13.2 Å². The van der Waals surface area contributed by atoms with Gasteiger partial charge in [-0.3, -0.25) is 14.9 Å². The van der Waals surface area contributed by atoms with E-state index in [9.17, 15) is 22.8 Å². The van der Waals surface area contributed by atoms with Gasteiger partial charge in [-0.05, 0) is 36.6 Å². The number of nitrogens with zero attached hydrogens (tertiary/aromatic N) is 1. The van der Waals surface area contributed by atoms with Crippen LogP contribution in [-0.2, 0) is 24.2 Å². The minimum Gasteiger partial charge on any atom is -0.481 e. The molecule has 3 aromatic rings. The highest BCUT2D eigenvalue weighted by atomic mass is 32.1. The van der Waals surface area contributed by atoms with Crippen molar-refractivity contribution in [1.82, 2.24) is 4.98 Å². The lowest BCUT2D eigenvalue weighted by molar-refractivity contribution is -0.136. The number of aromatic nitrogens is 1. The molecule has 2 heterocycles. The SMILES string of the molecule is O=C(O)Cc1csc(NC(=O)c2ccc(CNc3ccccc3CCCC(F)(F)F)s2)n1. The minimum atomic E-state index is -4.16. The lowest BCUT2D eigenvalue weighted by Crippen LogP contribution is -2.10. The maximum atomic E-state index is 12.4. The van der Waals surface area contributed by atoms with Crippen LogP contribution in [0.3, 0.4) is 0 Å². The van der Waals surface area contributed by atoms with Gasteiger partial charge in [0.15, 0.2) is 5.13 Å². The number of aliphatic carboxylic acids is 1. The first kappa shape index (κ1) is 23.7. The number of halogens is 3. The summed E-state index contributed by atoms with van der Waals surface area (Å²) in [6.45, 7) is 0.425. The first-order chi connectivity index (χ1) is 15.2. The zero-order chi connectivity index (χ0) is 23.1. The van der Waals surface area contributed by atoms with Crippen molar-refractivity contribution < 1.29 is 27.9 Å². The normalized spacial score (nSPS) is 11.3. The molecule has 0 bridgehead atoms. The Morgan fingerprint density at radius 1 is 1.12 bits per heavy atom. The monoisotopic (exact) mass is 483 g/mol. The molecule has 0 fully saturated rings. The summed E-state index contributed by atoms with van der Waals surface area (Å²) in [5, 5.41) is 16.6. The van der Waals surface area contributed by atoms with Crippen LogP contribution < -0.4 is 10.6 Å². The number of nitrogens with one attached hydrogen (secondary N) is 2. The molecule has 0 radical (unpaired) electrons. The largest absolute Gasteiger partial charge is 0.481 e. The summed E-state index contributed by atoms with van der Waals surface area (Å²) in [4.78, 5) is 28.6. The Hall–Kier alpha value is -2.92. The number of thiazole rings is 1. The Morgan fingerprint density at radius 2 is 1.91 bits per heavy atom. The number of hydrogen-bond acceptors (Lipinski definition) is 6. The molecule has 170 valence electrons. The van der Waals surface area contributed by atoms with E-state index in [1.54, 1.807) is 29.6 Å². The molecule has 3 N–H and O–H groups in total. The summed E-state index contributed by atoms with van der Waals surface area (Å²) in [7, 11) is 0. The van der Waals surface area contributed by atoms with Crippen LogP contribution in [0.2, 0.25) is 0 Å². The molecule has 0 spiro atoms. The van der Waals surface area contributed by atoms with Crippen molar-refractivity contribution in [2.45, 2.75) is 38.4 Å². The molecule has 0 atom stereocenters. The number of carboxylic acids is 1. The standard InChI is InChI=1S/C21H20F3N3O3S2/c22-21(23,24)9-3-5-13-4-1-2-6-16(13)25-11-15-7-8-17(32-15)19(30)27-20-26-14(12-31-20)10-18(28)29/h1-2,4,6-8,12,25H,3,5,9-11H2,(H,28,29)(H,26,27,30). The Balaban J connectivity index is 1.55. The molecular formula is C21H20F3N3O3S2. The Labute approximate surface area is 190 Å². The molecule has 11 heteroatoms. The average molecular weight is 484 g/mol. The summed E-state index contributed by atoms with van der Waals surface area (Å²) in [5.74, 6) is -1.34. The van der Waals surface area contributed by atoms with Crippen molar-refractivity contribution in [3.05, 3.63) is 62.8 Å². The number of para-hydroxylation sites is 1. The topological polar surface area (TPSA) is 91.3 Å². The minimum absolute atomic E-state index is 0.0243. The predicted molar refractivity (Wildman–Crippen MR) is 118 cm³/mol. The quantitative estimate of drug-likeness (QED) is 0.350. The molecule has 0 aliphatic carbocycles. The van der Waals surface area contributed by atoms with Gasteiger partial charge in [0.05, 0.1) is 17.0 Å². The molecule has 32 heavy (non-hydrogen) atoms. The lowest BCUT2D eigenvalue weighted by Gasteiger charge is -2.12. The molecule has 0 aliphatic heterocycles. The van der Waals surface area contributed by atoms with Gasteiger partial charge >= 0.3 is 12.1 Å². The van der Waals surface area contributed by atoms with Gasteiger partial charge in [-0.1, -0.05) is 18.2 Å². The van der Waals surface area contributed by atoms with E-state index in [2.05, 4.69) is 15.6 Å². The highest BCUT2D eigenvalue weighted by molar-refractivity contribution is 7.15. The van der Waals surface area contributed by atoms with Crippen LogP contribution in [0.25, 0.3) is 0 Å². The van der Waals surface area contributed by atoms with Gasteiger partial charge in [0, 0.05) is 28.9 Å². The fraction of sp³-hybridized carbons (Fsp3) is 0.286. The molecule has 3 rings (SSSR count). The maximum Gasteiger partial charge on any atom is 0.389 e. The number of thiophene rings is 1. The van der Waals surface area contributed by atoms with Gasteiger partial charge in [-0.25, -0.2) is 4.98 Å². The number of carboxylic acid groups (broad SMARTS) is 1. The van der Waals surface area contributed by atoms with E-state index in [0.717, 1.165) is 27.5 Å². The predicted octanol–water partition coefficient (Wildman–Crippen LogP) is 5.58. The fourth-order valence-electron chi connectivity index (χ4n) is 2.93. The highest BCUT2D eigenvalue weighted by Gasteiger charge is 2.26. The Kier molecular flexibility index (Phi) is 7.86. The van der Waals surface area contributed by atoms with Gasteiger partial charge in [-0.15, -0.1) is 22.7 Å². The van der Waals surface area contributed by atoms with Crippen molar-refractivity contribution in [2.75, 3.05) is 10.6 Å². The Bertz CT molecular complexity index is 1080. The number of hydrogen-bond donors (Lipinski definition) is 3. The van der Waals surface area contributed by atoms with Crippen LogP contribution in [0, 0.1) is 0 Å². The molecule has 2 aromatic heterocycles. The maximum absolute atomic E-state index is 12.4. The van der Waals surface area contributed by atoms with Crippen molar-refractivity contribution in [1.29, 1.82) is 0 Å². The smallest absolute Gasteiger partial charge is 0.389 e. The fourth-order valence-corrected chi connectivity index (χ4v) is 4.47. The van der Waals surface area contributed by atoms with E-state index < -0.39 is 18.6 Å². The van der Waals surface area contributed by atoms with Crippen LogP contribution >= 0.6 is 22.7 Å². The molecule has 0 saturated heterocycles. The van der Waals surface area contributed by atoms with E-state index in [1.165, 1.54) is 11.3 Å². The third kappa shape index (κ3) is 7.34. The number of aryl methyl sites for hydroxylation is 1. The second kappa shape index (κ2) is 10.6. The van der Waals surface area contributed by atoms with Gasteiger partial charge in [0.25, 0.3) is 5.91 Å². The third-order valence-corrected chi connectivity index (χ3v) is 6.26. The molecule has 0 unspecified atom stereocenters. The molecule has 0 saturated carbocycles. The molecule has 6 nitrogen and oxygen atoms in total. The molecule has 1 amide bonds. The third-order valence-electron chi connectivity index (χ3n) is 4.37. The summed E-state index contributed by atoms with van der Waals surface area (Å²) < 4.78 is 37.2. The van der Waals surface area contributed by atoms with E-state index in [1.807, 2.05) is 12.1 Å². The number of carbonyl (C=O) groups excluding carboxylic acids is 1. The number of anilines is 2. The van der Waals surface area contributed by atoms with E-state index >= 15 is 0 Å². The Morgan fingerprint density at radius 3 is 2.66 bits per heavy atom. The number of amides is 1. The van der Waals surface area contributed by atoms with Crippen molar-refractivity contribution in [2.24, 2.45) is 0 Å². The lowest BCUT2D eigenvalue weighted by atomic mass is 10.1. The zero-order valence-corrected chi connectivity index (χ0v) is 18.4. The van der Waals surface area contributed by atoms with Gasteiger partial charge in [0.2, 0.25) is 0 Å². The molecule has 0 aliphatic rings. The van der Waals surface area contributed by atoms with Crippen molar-refractivity contribution in [3.63, 3.8) is 0 Å². The number of carbonyl (C=O) groups is 2. The second-order valence-electron chi connectivity index (χ2n) is 6.91. The summed E-state index contributed by atoms with van der Waals surface area (Å²) >= 11 is 2.44. The van der Waals surface area contributed by atoms with Crippen LogP contribution in [0.5, 0.6) is 0 Å². The van der Waals surface area contributed by atoms with Crippen LogP contribution in [-0.4, -0.2) is 28.1 Å².